The molecule has 2 aliphatic heterocycles. The lowest BCUT2D eigenvalue weighted by atomic mass is 10.1. The summed E-state index contributed by atoms with van der Waals surface area (Å²) < 4.78 is 11.7. The Labute approximate surface area is 296 Å². The third-order valence-corrected chi connectivity index (χ3v) is 8.73. The lowest BCUT2D eigenvalue weighted by Crippen LogP contribution is -2.50. The molecule has 0 saturated heterocycles. The van der Waals surface area contributed by atoms with E-state index in [1.54, 1.807) is 41.4 Å². The van der Waals surface area contributed by atoms with Crippen LogP contribution in [0, 0.1) is 0 Å². The number of hydrogen-bond donors (Lipinski definition) is 4. The Balaban J connectivity index is 1.21. The van der Waals surface area contributed by atoms with Gasteiger partial charge in [-0.25, -0.2) is 0 Å². The number of hydrogen-bond acceptors (Lipinski definition) is 9. The summed E-state index contributed by atoms with van der Waals surface area (Å²) in [5.74, 6) is -0.766. The summed E-state index contributed by atoms with van der Waals surface area (Å²) in [7, 11) is 1.49. The highest BCUT2D eigenvalue weighted by molar-refractivity contribution is 6.14. The number of carbonyl (C=O) groups excluding carboxylic acids is 5. The van der Waals surface area contributed by atoms with Crippen LogP contribution in [0.4, 0.5) is 17.1 Å². The van der Waals surface area contributed by atoms with Gasteiger partial charge in [-0.05, 0) is 80.6 Å². The number of para-hydroxylation sites is 1. The van der Waals surface area contributed by atoms with Crippen molar-refractivity contribution in [3.05, 3.63) is 76.9 Å². The fourth-order valence-electron chi connectivity index (χ4n) is 6.05. The summed E-state index contributed by atoms with van der Waals surface area (Å²) >= 11 is 0. The summed E-state index contributed by atoms with van der Waals surface area (Å²) in [4.78, 5) is 69.1. The molecule has 3 atom stereocenters. The summed E-state index contributed by atoms with van der Waals surface area (Å²) in [6, 6.07) is 14.1. The van der Waals surface area contributed by atoms with Crippen molar-refractivity contribution in [1.82, 2.24) is 10.6 Å². The number of ether oxygens (including phenoxy) is 2. The van der Waals surface area contributed by atoms with Gasteiger partial charge in [0, 0.05) is 42.9 Å². The van der Waals surface area contributed by atoms with Crippen LogP contribution in [0.2, 0.25) is 0 Å². The minimum Gasteiger partial charge on any atom is -0.493 e. The Bertz CT molecular complexity index is 1860. The second-order valence-electron chi connectivity index (χ2n) is 12.8. The maximum Gasteiger partial charge on any atom is 0.261 e. The number of nitrogens with one attached hydrogen (secondary N) is 3. The van der Waals surface area contributed by atoms with E-state index in [-0.39, 0.29) is 43.3 Å². The average Bonchev–Trinajstić information content (AvgIpc) is 3.43. The van der Waals surface area contributed by atoms with Crippen molar-refractivity contribution in [1.29, 1.82) is 0 Å². The molecule has 0 bridgehead atoms. The number of aliphatic hydroxyl groups excluding tert-OH is 1. The maximum absolute atomic E-state index is 13.7. The zero-order valence-electron chi connectivity index (χ0n) is 29.2. The second kappa shape index (κ2) is 16.4. The highest BCUT2D eigenvalue weighted by Gasteiger charge is 2.36. The lowest BCUT2D eigenvalue weighted by molar-refractivity contribution is -0.130. The third kappa shape index (κ3) is 8.97. The minimum atomic E-state index is -0.943. The molecule has 268 valence electrons. The van der Waals surface area contributed by atoms with Crippen molar-refractivity contribution in [2.24, 2.45) is 4.99 Å². The number of unbranched alkanes of at least 4 members (excludes halogenated alkanes) is 1. The van der Waals surface area contributed by atoms with Crippen LogP contribution in [0.1, 0.15) is 73.5 Å². The van der Waals surface area contributed by atoms with Crippen molar-refractivity contribution < 1.29 is 38.6 Å². The summed E-state index contributed by atoms with van der Waals surface area (Å²) in [6.07, 6.45) is 4.18. The topological polar surface area (TPSA) is 176 Å². The number of Topliss-reactive ketones (excluding diaryl/α,β-unsaturated/α-hetero) is 1. The summed E-state index contributed by atoms with van der Waals surface area (Å²) in [5, 5.41) is 17.9. The van der Waals surface area contributed by atoms with Gasteiger partial charge >= 0.3 is 0 Å². The number of carbonyl (C=O) groups is 5. The highest BCUT2D eigenvalue weighted by Crippen LogP contribution is 2.41. The van der Waals surface area contributed by atoms with Gasteiger partial charge in [0.15, 0.2) is 11.5 Å². The van der Waals surface area contributed by atoms with Crippen molar-refractivity contribution in [3.8, 4) is 11.5 Å². The van der Waals surface area contributed by atoms with E-state index >= 15 is 0 Å². The van der Waals surface area contributed by atoms with E-state index < -0.39 is 23.9 Å². The molecule has 3 aromatic rings. The molecule has 5 rings (SSSR count). The second-order valence-corrected chi connectivity index (χ2v) is 12.8. The molecule has 4 N–H and O–H groups in total. The molecule has 0 aliphatic carbocycles. The summed E-state index contributed by atoms with van der Waals surface area (Å²) in [5.41, 5.74) is 4.32. The minimum absolute atomic E-state index is 0.0316. The first kappa shape index (κ1) is 36.7. The molecular formula is C38H43N5O8. The van der Waals surface area contributed by atoms with Crippen molar-refractivity contribution in [2.45, 2.75) is 84.2 Å². The van der Waals surface area contributed by atoms with Gasteiger partial charge in [-0.15, -0.1) is 0 Å². The molecule has 2 heterocycles. The number of methoxy groups -OCH3 is 1. The first-order chi connectivity index (χ1) is 24.5. The highest BCUT2D eigenvalue weighted by atomic mass is 16.5. The fraction of sp³-hybridized carbons (Fsp3) is 0.368. The van der Waals surface area contributed by atoms with Crippen LogP contribution in [0.15, 0.2) is 59.6 Å². The molecule has 2 aliphatic rings. The lowest BCUT2D eigenvalue weighted by Gasteiger charge is -2.22. The molecule has 0 saturated carbocycles. The van der Waals surface area contributed by atoms with E-state index in [2.05, 4.69) is 20.9 Å². The molecular weight excluding hydrogens is 654 g/mol. The van der Waals surface area contributed by atoms with Crippen LogP contribution in [0.3, 0.4) is 0 Å². The Morgan fingerprint density at radius 3 is 2.41 bits per heavy atom. The molecule has 4 amide bonds. The van der Waals surface area contributed by atoms with Crippen LogP contribution >= 0.6 is 0 Å². The maximum atomic E-state index is 13.7. The first-order valence-electron chi connectivity index (χ1n) is 16.9. The molecule has 3 aromatic carbocycles. The number of benzene rings is 3. The third-order valence-electron chi connectivity index (χ3n) is 8.73. The largest absolute Gasteiger partial charge is 0.493 e. The quantitative estimate of drug-likeness (QED) is 0.171. The van der Waals surface area contributed by atoms with Crippen molar-refractivity contribution in [3.63, 3.8) is 0 Å². The van der Waals surface area contributed by atoms with Gasteiger partial charge < -0.3 is 35.3 Å². The monoisotopic (exact) mass is 697 g/mol. The van der Waals surface area contributed by atoms with Crippen molar-refractivity contribution >= 4 is 52.7 Å². The number of aliphatic hydroxyl groups is 1. The molecule has 0 radical (unpaired) electrons. The average molecular weight is 698 g/mol. The van der Waals surface area contributed by atoms with Crippen LogP contribution in [0.25, 0.3) is 0 Å². The SMILES string of the molecule is COc1cc2c(cc1OCc1cc(CO)cc(NC(=O)[C@H](C)NC(=O)[C@H](C)NC(=O)CCCCC(C)=O)c1)N=C[C@@H]1Cc3ccccc3N1C2=O. The van der Waals surface area contributed by atoms with Crippen LogP contribution in [-0.4, -0.2) is 66.0 Å². The molecule has 13 nitrogen and oxygen atoms in total. The van der Waals surface area contributed by atoms with E-state index in [9.17, 15) is 29.1 Å². The first-order valence-corrected chi connectivity index (χ1v) is 16.9. The fourth-order valence-corrected chi connectivity index (χ4v) is 6.05. The number of amides is 4. The predicted octanol–water partition coefficient (Wildman–Crippen LogP) is 4.15. The zero-order chi connectivity index (χ0) is 36.7. The number of fused-ring (bicyclic) bond motifs is 4. The normalized spacial score (nSPS) is 15.4. The zero-order valence-corrected chi connectivity index (χ0v) is 29.2. The van der Waals surface area contributed by atoms with Gasteiger partial charge in [-0.2, -0.15) is 0 Å². The Hall–Kier alpha value is -5.56. The Morgan fingerprint density at radius 2 is 1.67 bits per heavy atom. The van der Waals surface area contributed by atoms with E-state index in [0.29, 0.717) is 65.2 Å². The van der Waals surface area contributed by atoms with Crippen LogP contribution in [-0.2, 0) is 38.8 Å². The molecule has 13 heteroatoms. The van der Waals surface area contributed by atoms with Crippen molar-refractivity contribution in [2.75, 3.05) is 17.3 Å². The molecule has 51 heavy (non-hydrogen) atoms. The van der Waals surface area contributed by atoms with E-state index in [1.807, 2.05) is 24.3 Å². The number of anilines is 2. The molecule has 0 spiro atoms. The Morgan fingerprint density at radius 1 is 0.941 bits per heavy atom. The number of aliphatic imine (C=N–C) groups is 1. The summed E-state index contributed by atoms with van der Waals surface area (Å²) in [6.45, 7) is 4.28. The standard InChI is InChI=1S/C38H43N5O8/c1-22(45)9-5-8-12-35(46)40-23(2)36(47)41-24(3)37(48)42-28-14-25(20-44)13-26(15-28)21-51-34-18-31-30(17-33(34)50-4)38(49)43-29(19-39-31)16-27-10-6-7-11-32(27)43/h6-7,10-11,13-15,17-19,23-24,29,44H,5,8-9,12,16,20-21H2,1-4H3,(H,40,46)(H,41,47)(H,42,48)/t23-,24-,29-/m0/s1. The van der Waals surface area contributed by atoms with Gasteiger partial charge in [0.25, 0.3) is 5.91 Å². The number of rotatable bonds is 15. The molecule has 0 unspecified atom stereocenters. The van der Waals surface area contributed by atoms with Gasteiger partial charge in [0.2, 0.25) is 17.7 Å². The molecule has 0 fully saturated rings. The van der Waals surface area contributed by atoms with Gasteiger partial charge in [-0.1, -0.05) is 18.2 Å². The number of nitrogens with zero attached hydrogens (tertiary/aromatic N) is 2. The van der Waals surface area contributed by atoms with E-state index in [4.69, 9.17) is 9.47 Å². The smallest absolute Gasteiger partial charge is 0.261 e. The molecule has 0 aromatic heterocycles. The van der Waals surface area contributed by atoms with Crippen LogP contribution in [0.5, 0.6) is 11.5 Å². The number of ketones is 1. The Kier molecular flexibility index (Phi) is 11.8. The van der Waals surface area contributed by atoms with Gasteiger partial charge in [-0.3, -0.25) is 29.1 Å². The predicted molar refractivity (Wildman–Crippen MR) is 192 cm³/mol. The van der Waals surface area contributed by atoms with Gasteiger partial charge in [0.05, 0.1) is 31.0 Å². The van der Waals surface area contributed by atoms with Crippen LogP contribution < -0.4 is 30.3 Å². The van der Waals surface area contributed by atoms with E-state index in [0.717, 1.165) is 11.3 Å². The van der Waals surface area contributed by atoms with E-state index in [1.165, 1.54) is 27.9 Å². The van der Waals surface area contributed by atoms with Gasteiger partial charge in [0.1, 0.15) is 24.5 Å².